The molecule has 2 rings (SSSR count). The second-order valence-corrected chi connectivity index (χ2v) is 5.31. The lowest BCUT2D eigenvalue weighted by Gasteiger charge is -2.26. The topological polar surface area (TPSA) is 78.0 Å². The van der Waals surface area contributed by atoms with Crippen LogP contribution in [-0.4, -0.2) is 58.6 Å². The van der Waals surface area contributed by atoms with Crippen LogP contribution in [0.2, 0.25) is 0 Å². The molecule has 1 aromatic carbocycles. The van der Waals surface area contributed by atoms with Gasteiger partial charge in [0.15, 0.2) is 0 Å². The molecule has 1 atom stereocenters. The standard InChI is InChI=1S/C16H19N3O4/c1-4-18-14(21)15(22)19(16(18)23)10-13(20)17(3)11(2)12-8-6-5-7-9-12/h5-9,11H,4,10H2,1-3H3/t11-/m0/s1. The van der Waals surface area contributed by atoms with Gasteiger partial charge in [-0.05, 0) is 19.4 Å². The molecule has 0 spiro atoms. The van der Waals surface area contributed by atoms with Crippen LogP contribution in [0.1, 0.15) is 25.5 Å². The molecule has 1 saturated heterocycles. The second kappa shape index (κ2) is 6.60. The van der Waals surface area contributed by atoms with Crippen molar-refractivity contribution in [2.24, 2.45) is 0 Å². The largest absolute Gasteiger partial charge is 0.337 e. The Morgan fingerprint density at radius 2 is 1.65 bits per heavy atom. The molecule has 0 unspecified atom stereocenters. The van der Waals surface area contributed by atoms with Crippen molar-refractivity contribution >= 4 is 23.8 Å². The van der Waals surface area contributed by atoms with Crippen LogP contribution in [0.3, 0.4) is 0 Å². The third kappa shape index (κ3) is 3.08. The van der Waals surface area contributed by atoms with Crippen LogP contribution in [0, 0.1) is 0 Å². The first-order valence-corrected chi connectivity index (χ1v) is 7.36. The van der Waals surface area contributed by atoms with E-state index in [0.717, 1.165) is 10.5 Å². The van der Waals surface area contributed by atoms with E-state index >= 15 is 0 Å². The predicted molar refractivity (Wildman–Crippen MR) is 82.1 cm³/mol. The van der Waals surface area contributed by atoms with Gasteiger partial charge < -0.3 is 4.90 Å². The number of rotatable bonds is 5. The Labute approximate surface area is 134 Å². The molecule has 0 bridgehead atoms. The number of imide groups is 2. The van der Waals surface area contributed by atoms with E-state index in [1.807, 2.05) is 37.3 Å². The first kappa shape index (κ1) is 16.7. The molecule has 1 aliphatic rings. The van der Waals surface area contributed by atoms with Crippen molar-refractivity contribution in [1.82, 2.24) is 14.7 Å². The summed E-state index contributed by atoms with van der Waals surface area (Å²) in [5, 5.41) is 0. The average Bonchev–Trinajstić information content (AvgIpc) is 2.77. The zero-order valence-electron chi connectivity index (χ0n) is 13.4. The molecule has 5 amide bonds. The highest BCUT2D eigenvalue weighted by Gasteiger charge is 2.44. The average molecular weight is 317 g/mol. The highest BCUT2D eigenvalue weighted by molar-refractivity contribution is 6.45. The summed E-state index contributed by atoms with van der Waals surface area (Å²) in [6, 6.07) is 8.45. The van der Waals surface area contributed by atoms with Crippen molar-refractivity contribution in [3.05, 3.63) is 35.9 Å². The lowest BCUT2D eigenvalue weighted by Crippen LogP contribution is -2.42. The van der Waals surface area contributed by atoms with Crippen LogP contribution in [0.4, 0.5) is 4.79 Å². The second-order valence-electron chi connectivity index (χ2n) is 5.31. The summed E-state index contributed by atoms with van der Waals surface area (Å²) >= 11 is 0. The lowest BCUT2D eigenvalue weighted by molar-refractivity contribution is -0.145. The van der Waals surface area contributed by atoms with Gasteiger partial charge >= 0.3 is 17.8 Å². The number of likely N-dealkylation sites (N-methyl/N-ethyl adjacent to an activating group) is 2. The van der Waals surface area contributed by atoms with Gasteiger partial charge in [0.25, 0.3) is 0 Å². The van der Waals surface area contributed by atoms with E-state index in [9.17, 15) is 19.2 Å². The molecule has 122 valence electrons. The van der Waals surface area contributed by atoms with Crippen LogP contribution < -0.4 is 0 Å². The molecule has 7 nitrogen and oxygen atoms in total. The number of benzene rings is 1. The lowest BCUT2D eigenvalue weighted by atomic mass is 10.1. The molecule has 1 heterocycles. The molecule has 0 aromatic heterocycles. The number of nitrogens with zero attached hydrogens (tertiary/aromatic N) is 3. The maximum atomic E-state index is 12.4. The summed E-state index contributed by atoms with van der Waals surface area (Å²) in [6.45, 7) is 3.11. The molecular weight excluding hydrogens is 298 g/mol. The van der Waals surface area contributed by atoms with Gasteiger partial charge in [-0.25, -0.2) is 9.69 Å². The molecule has 1 aliphatic heterocycles. The van der Waals surface area contributed by atoms with Gasteiger partial charge in [-0.15, -0.1) is 0 Å². The number of carbonyl (C=O) groups is 4. The highest BCUT2D eigenvalue weighted by atomic mass is 16.2. The van der Waals surface area contributed by atoms with E-state index in [4.69, 9.17) is 0 Å². The van der Waals surface area contributed by atoms with Crippen LogP contribution in [0.5, 0.6) is 0 Å². The Balaban J connectivity index is 2.08. The maximum absolute atomic E-state index is 12.4. The molecule has 7 heteroatoms. The number of hydrogen-bond donors (Lipinski definition) is 0. The van der Waals surface area contributed by atoms with Crippen molar-refractivity contribution in [2.75, 3.05) is 20.1 Å². The predicted octanol–water partition coefficient (Wildman–Crippen LogP) is 1.02. The molecule has 1 fully saturated rings. The SMILES string of the molecule is CCN1C(=O)C(=O)N(CC(=O)N(C)[C@@H](C)c2ccccc2)C1=O. The zero-order chi connectivity index (χ0) is 17.1. The molecule has 23 heavy (non-hydrogen) atoms. The Bertz CT molecular complexity index is 644. The normalized spacial score (nSPS) is 16.0. The third-order valence-corrected chi connectivity index (χ3v) is 4.00. The molecule has 0 radical (unpaired) electrons. The Morgan fingerprint density at radius 1 is 1.09 bits per heavy atom. The Morgan fingerprint density at radius 3 is 2.17 bits per heavy atom. The fourth-order valence-electron chi connectivity index (χ4n) is 2.39. The van der Waals surface area contributed by atoms with Gasteiger partial charge in [0.1, 0.15) is 6.54 Å². The summed E-state index contributed by atoms with van der Waals surface area (Å²) in [4.78, 5) is 50.8. The Hall–Kier alpha value is -2.70. The van der Waals surface area contributed by atoms with Gasteiger partial charge in [0.05, 0.1) is 6.04 Å². The quantitative estimate of drug-likeness (QED) is 0.600. The molecule has 0 saturated carbocycles. The van der Waals surface area contributed by atoms with Gasteiger partial charge in [-0.3, -0.25) is 19.3 Å². The van der Waals surface area contributed by atoms with E-state index in [-0.39, 0.29) is 12.6 Å². The summed E-state index contributed by atoms with van der Waals surface area (Å²) in [5.74, 6) is -2.25. The highest BCUT2D eigenvalue weighted by Crippen LogP contribution is 2.19. The zero-order valence-corrected chi connectivity index (χ0v) is 13.4. The minimum Gasteiger partial charge on any atom is -0.337 e. The van der Waals surface area contributed by atoms with Gasteiger partial charge in [-0.2, -0.15) is 0 Å². The van der Waals surface area contributed by atoms with Gasteiger partial charge in [0, 0.05) is 13.6 Å². The summed E-state index contributed by atoms with van der Waals surface area (Å²) < 4.78 is 0. The number of carbonyl (C=O) groups excluding carboxylic acids is 4. The molecule has 0 aliphatic carbocycles. The summed E-state index contributed by atoms with van der Waals surface area (Å²) in [7, 11) is 1.60. The minimum absolute atomic E-state index is 0.102. The molecule has 0 N–H and O–H groups in total. The number of hydrogen-bond acceptors (Lipinski definition) is 4. The van der Waals surface area contributed by atoms with Crippen molar-refractivity contribution in [3.8, 4) is 0 Å². The van der Waals surface area contributed by atoms with Crippen molar-refractivity contribution in [2.45, 2.75) is 19.9 Å². The first-order chi connectivity index (χ1) is 10.9. The van der Waals surface area contributed by atoms with Crippen LogP contribution in [-0.2, 0) is 14.4 Å². The van der Waals surface area contributed by atoms with Crippen molar-refractivity contribution in [1.29, 1.82) is 0 Å². The van der Waals surface area contributed by atoms with E-state index in [2.05, 4.69) is 0 Å². The van der Waals surface area contributed by atoms with Gasteiger partial charge in [0.2, 0.25) is 5.91 Å². The third-order valence-electron chi connectivity index (χ3n) is 4.00. The maximum Gasteiger partial charge on any atom is 0.334 e. The monoisotopic (exact) mass is 317 g/mol. The molecule has 1 aromatic rings. The van der Waals surface area contributed by atoms with Crippen LogP contribution in [0.25, 0.3) is 0 Å². The molecular formula is C16H19N3O4. The van der Waals surface area contributed by atoms with Crippen molar-refractivity contribution in [3.63, 3.8) is 0 Å². The minimum atomic E-state index is -0.953. The van der Waals surface area contributed by atoms with Gasteiger partial charge in [-0.1, -0.05) is 30.3 Å². The smallest absolute Gasteiger partial charge is 0.334 e. The van der Waals surface area contributed by atoms with E-state index < -0.39 is 30.3 Å². The van der Waals surface area contributed by atoms with Crippen molar-refractivity contribution < 1.29 is 19.2 Å². The van der Waals surface area contributed by atoms with Crippen LogP contribution >= 0.6 is 0 Å². The van der Waals surface area contributed by atoms with E-state index in [1.165, 1.54) is 4.90 Å². The van der Waals surface area contributed by atoms with Crippen LogP contribution in [0.15, 0.2) is 30.3 Å². The van der Waals surface area contributed by atoms with E-state index in [0.29, 0.717) is 4.90 Å². The van der Waals surface area contributed by atoms with E-state index in [1.54, 1.807) is 14.0 Å². The number of amides is 5. The summed E-state index contributed by atoms with van der Waals surface area (Å²) in [5.41, 5.74) is 0.939. The fraction of sp³-hybridized carbons (Fsp3) is 0.375. The summed E-state index contributed by atoms with van der Waals surface area (Å²) in [6.07, 6.45) is 0. The first-order valence-electron chi connectivity index (χ1n) is 7.36. The Kier molecular flexibility index (Phi) is 4.78. The number of urea groups is 1. The fourth-order valence-corrected chi connectivity index (χ4v) is 2.39.